The van der Waals surface area contributed by atoms with Crippen LogP contribution in [0.15, 0.2) is 60.7 Å². The van der Waals surface area contributed by atoms with E-state index in [1.54, 1.807) is 36.4 Å². The SMILES string of the molecule is CC(C)CCCC(C)CCOc1cc(/C=C(/C#N)c2ccc([N+](=O)[O-])cc2)c(OCCC(C)CCCC(C)C)cc1/C=C(/C#N)c1ccc([N+](=O)[O-])cc1. The predicted molar refractivity (Wildman–Crippen MR) is 216 cm³/mol. The van der Waals surface area contributed by atoms with Crippen LogP contribution in [0, 0.1) is 66.6 Å². The first-order valence-corrected chi connectivity index (χ1v) is 19.0. The first kappa shape index (κ1) is 42.9. The van der Waals surface area contributed by atoms with Gasteiger partial charge in [-0.05, 0) is 96.2 Å². The number of nitriles is 2. The third kappa shape index (κ3) is 14.2. The van der Waals surface area contributed by atoms with Gasteiger partial charge in [-0.25, -0.2) is 0 Å². The van der Waals surface area contributed by atoms with Crippen molar-refractivity contribution in [1.29, 1.82) is 10.5 Å². The van der Waals surface area contributed by atoms with E-state index >= 15 is 0 Å². The van der Waals surface area contributed by atoms with E-state index in [1.165, 1.54) is 37.1 Å². The second kappa shape index (κ2) is 21.9. The monoisotopic (exact) mass is 734 g/mol. The van der Waals surface area contributed by atoms with Crippen LogP contribution in [0.2, 0.25) is 0 Å². The summed E-state index contributed by atoms with van der Waals surface area (Å²) in [6.07, 6.45) is 11.8. The lowest BCUT2D eigenvalue weighted by atomic mass is 9.97. The van der Waals surface area contributed by atoms with E-state index in [1.807, 2.05) is 12.1 Å². The highest BCUT2D eigenvalue weighted by Crippen LogP contribution is 2.36. The average Bonchev–Trinajstić information content (AvgIpc) is 3.13. The lowest BCUT2D eigenvalue weighted by Gasteiger charge is -2.18. The van der Waals surface area contributed by atoms with Crippen molar-refractivity contribution in [2.75, 3.05) is 13.2 Å². The van der Waals surface area contributed by atoms with Crippen molar-refractivity contribution in [1.82, 2.24) is 0 Å². The van der Waals surface area contributed by atoms with Crippen LogP contribution >= 0.6 is 0 Å². The molecule has 0 N–H and O–H groups in total. The number of rotatable bonds is 22. The molecule has 0 heterocycles. The van der Waals surface area contributed by atoms with E-state index < -0.39 is 9.85 Å². The molecule has 2 atom stereocenters. The van der Waals surface area contributed by atoms with Gasteiger partial charge in [-0.2, -0.15) is 10.5 Å². The van der Waals surface area contributed by atoms with Crippen molar-refractivity contribution in [3.63, 3.8) is 0 Å². The van der Waals surface area contributed by atoms with Crippen molar-refractivity contribution in [3.05, 3.63) is 103 Å². The van der Waals surface area contributed by atoms with E-state index in [9.17, 15) is 30.8 Å². The summed E-state index contributed by atoms with van der Waals surface area (Å²) in [7, 11) is 0. The van der Waals surface area contributed by atoms with Gasteiger partial charge >= 0.3 is 0 Å². The fourth-order valence-electron chi connectivity index (χ4n) is 6.04. The molecule has 3 aromatic carbocycles. The minimum absolute atomic E-state index is 0.0749. The largest absolute Gasteiger partial charge is 0.493 e. The van der Waals surface area contributed by atoms with Crippen LogP contribution in [-0.4, -0.2) is 23.1 Å². The van der Waals surface area contributed by atoms with Crippen molar-refractivity contribution in [2.24, 2.45) is 23.7 Å². The Hall–Kier alpha value is -5.48. The molecule has 10 nitrogen and oxygen atoms in total. The third-order valence-electron chi connectivity index (χ3n) is 9.45. The lowest BCUT2D eigenvalue weighted by Crippen LogP contribution is -2.08. The Morgan fingerprint density at radius 2 is 0.963 bits per heavy atom. The highest BCUT2D eigenvalue weighted by Gasteiger charge is 2.16. The predicted octanol–water partition coefficient (Wildman–Crippen LogP) is 12.1. The Morgan fingerprint density at radius 1 is 0.611 bits per heavy atom. The van der Waals surface area contributed by atoms with Gasteiger partial charge in [0.15, 0.2) is 0 Å². The molecule has 3 rings (SSSR count). The highest BCUT2D eigenvalue weighted by atomic mass is 16.6. The number of ether oxygens (including phenoxy) is 2. The number of hydrogen-bond acceptors (Lipinski definition) is 8. The fraction of sp³-hybridized carbons (Fsp3) is 0.455. The van der Waals surface area contributed by atoms with E-state index in [-0.39, 0.29) is 22.5 Å². The van der Waals surface area contributed by atoms with E-state index in [4.69, 9.17) is 9.47 Å². The average molecular weight is 735 g/mol. The summed E-state index contributed by atoms with van der Waals surface area (Å²) >= 11 is 0. The minimum atomic E-state index is -0.484. The Balaban J connectivity index is 2.09. The molecule has 286 valence electrons. The van der Waals surface area contributed by atoms with Gasteiger partial charge in [0.1, 0.15) is 11.5 Å². The number of nitro groups is 2. The third-order valence-corrected chi connectivity index (χ3v) is 9.45. The molecule has 0 radical (unpaired) electrons. The fourth-order valence-corrected chi connectivity index (χ4v) is 6.04. The molecule has 0 aromatic heterocycles. The Labute approximate surface area is 320 Å². The van der Waals surface area contributed by atoms with Gasteiger partial charge in [-0.15, -0.1) is 0 Å². The van der Waals surface area contributed by atoms with Crippen LogP contribution in [0.5, 0.6) is 11.5 Å². The van der Waals surface area contributed by atoms with Crippen molar-refractivity contribution >= 4 is 34.7 Å². The molecular formula is C44H54N4O6. The zero-order chi connectivity index (χ0) is 39.6. The molecule has 54 heavy (non-hydrogen) atoms. The van der Waals surface area contributed by atoms with Crippen molar-refractivity contribution in [3.8, 4) is 23.6 Å². The number of hydrogen-bond donors (Lipinski definition) is 0. The van der Waals surface area contributed by atoms with E-state index in [0.717, 1.165) is 38.5 Å². The van der Waals surface area contributed by atoms with E-state index in [2.05, 4.69) is 53.7 Å². The van der Waals surface area contributed by atoms with Gasteiger partial charge in [-0.1, -0.05) is 80.1 Å². The molecule has 0 aliphatic heterocycles. The van der Waals surface area contributed by atoms with Crippen LogP contribution < -0.4 is 9.47 Å². The second-order valence-electron chi connectivity index (χ2n) is 15.0. The Kier molecular flexibility index (Phi) is 17.4. The molecule has 10 heteroatoms. The molecule has 0 saturated carbocycles. The molecule has 0 bridgehead atoms. The molecule has 0 saturated heterocycles. The first-order chi connectivity index (χ1) is 25.8. The summed E-state index contributed by atoms with van der Waals surface area (Å²) in [5, 5.41) is 43.0. The van der Waals surface area contributed by atoms with Gasteiger partial charge in [0.25, 0.3) is 11.4 Å². The molecule has 0 aliphatic carbocycles. The maximum Gasteiger partial charge on any atom is 0.269 e. The quantitative estimate of drug-likeness (QED) is 0.0428. The summed E-state index contributed by atoms with van der Waals surface area (Å²) in [5.41, 5.74) is 2.62. The first-order valence-electron chi connectivity index (χ1n) is 19.0. The second-order valence-corrected chi connectivity index (χ2v) is 15.0. The Bertz CT molecular complexity index is 1700. The van der Waals surface area contributed by atoms with Crippen molar-refractivity contribution < 1.29 is 19.3 Å². The van der Waals surface area contributed by atoms with E-state index in [0.29, 0.717) is 70.6 Å². The zero-order valence-corrected chi connectivity index (χ0v) is 32.5. The topological polar surface area (TPSA) is 152 Å². The van der Waals surface area contributed by atoms with Gasteiger partial charge < -0.3 is 9.47 Å². The standard InChI is InChI=1S/C44H54N4O6/c1-31(2)9-7-11-33(5)21-23-53-43-27-38(26-40(30-46)36-15-19-42(20-16-36)48(51)52)44(54-24-22-34(6)12-8-10-32(3)4)28-37(43)25-39(29-45)35-13-17-41(18-14-35)47(49)50/h13-20,25-28,31-34H,7-12,21-24H2,1-6H3/b39-25-,40-26-. The number of nitrogens with zero attached hydrogens (tertiary/aromatic N) is 4. The molecule has 2 unspecified atom stereocenters. The van der Waals surface area contributed by atoms with Gasteiger partial charge in [0.2, 0.25) is 0 Å². The molecular weight excluding hydrogens is 681 g/mol. The van der Waals surface area contributed by atoms with Crippen LogP contribution in [0.25, 0.3) is 23.3 Å². The lowest BCUT2D eigenvalue weighted by molar-refractivity contribution is -0.385. The number of nitro benzene ring substituents is 2. The molecule has 0 spiro atoms. The van der Waals surface area contributed by atoms with Crippen LogP contribution in [-0.2, 0) is 0 Å². The smallest absolute Gasteiger partial charge is 0.269 e. The summed E-state index contributed by atoms with van der Waals surface area (Å²) < 4.78 is 12.9. The maximum atomic E-state index is 11.3. The molecule has 0 aliphatic rings. The van der Waals surface area contributed by atoms with Crippen molar-refractivity contribution in [2.45, 2.75) is 92.9 Å². The minimum Gasteiger partial charge on any atom is -0.493 e. The normalized spacial score (nSPS) is 12.9. The molecule has 0 amide bonds. The van der Waals surface area contributed by atoms with Gasteiger partial charge in [-0.3, -0.25) is 20.2 Å². The highest BCUT2D eigenvalue weighted by molar-refractivity contribution is 5.94. The number of non-ortho nitro benzene ring substituents is 2. The maximum absolute atomic E-state index is 11.3. The number of benzene rings is 3. The molecule has 0 fully saturated rings. The van der Waals surface area contributed by atoms with Crippen LogP contribution in [0.4, 0.5) is 11.4 Å². The summed E-state index contributed by atoms with van der Waals surface area (Å²) in [6.45, 7) is 14.2. The zero-order valence-electron chi connectivity index (χ0n) is 32.5. The number of allylic oxidation sites excluding steroid dienone is 2. The summed E-state index contributed by atoms with van der Waals surface area (Å²) in [4.78, 5) is 21.6. The molecule has 3 aromatic rings. The van der Waals surface area contributed by atoms with Gasteiger partial charge in [0, 0.05) is 35.4 Å². The van der Waals surface area contributed by atoms with Crippen LogP contribution in [0.1, 0.15) is 115 Å². The van der Waals surface area contributed by atoms with Crippen LogP contribution in [0.3, 0.4) is 0 Å². The Morgan fingerprint density at radius 3 is 1.26 bits per heavy atom. The summed E-state index contributed by atoms with van der Waals surface area (Å²) in [5.74, 6) is 3.15. The van der Waals surface area contributed by atoms with Gasteiger partial charge in [0.05, 0.1) is 46.3 Å². The summed E-state index contributed by atoms with van der Waals surface area (Å²) in [6, 6.07) is 19.7.